The lowest BCUT2D eigenvalue weighted by Crippen LogP contribution is -2.57. The summed E-state index contributed by atoms with van der Waals surface area (Å²) in [5.41, 5.74) is 1.10. The zero-order chi connectivity index (χ0) is 23.6. The van der Waals surface area contributed by atoms with Crippen molar-refractivity contribution in [1.29, 1.82) is 0 Å². The highest BCUT2D eigenvalue weighted by atomic mass is 28.4. The maximum Gasteiger partial charge on any atom is 0.192 e. The molecule has 2 fully saturated rings. The van der Waals surface area contributed by atoms with Crippen LogP contribution in [0.15, 0.2) is 43.0 Å². The van der Waals surface area contributed by atoms with Gasteiger partial charge in [-0.3, -0.25) is 0 Å². The van der Waals surface area contributed by atoms with Gasteiger partial charge in [0.15, 0.2) is 14.6 Å². The molecule has 1 aromatic rings. The average molecular weight is 461 g/mol. The molecule has 180 valence electrons. The molecule has 0 N–H and O–H groups in total. The summed E-state index contributed by atoms with van der Waals surface area (Å²) in [6, 6.07) is 10.3. The number of hydrogen-bond donors (Lipinski definition) is 0. The molecule has 1 aliphatic heterocycles. The summed E-state index contributed by atoms with van der Waals surface area (Å²) in [5, 5.41) is 0.192. The molecule has 1 aliphatic carbocycles. The van der Waals surface area contributed by atoms with Gasteiger partial charge in [-0.15, -0.1) is 6.58 Å². The average Bonchev–Trinajstić information content (AvgIpc) is 2.76. The standard InChI is InChI=1S/C27H44O4Si/c1-9-13-23(28-6)24-21-18-29-25(20-14-11-10-12-15-20)31-22(21)16-17-27(24,5)19-30-32(7,8)26(2,3)4/h9-12,14-15,21-25H,1,13,16-19H2,2-8H3/t21-,22-,23+,24-,25?,27+/m1/s1. The van der Waals surface area contributed by atoms with E-state index in [4.69, 9.17) is 18.6 Å². The van der Waals surface area contributed by atoms with Crippen LogP contribution in [0.2, 0.25) is 18.1 Å². The van der Waals surface area contributed by atoms with Crippen LogP contribution in [0, 0.1) is 17.3 Å². The highest BCUT2D eigenvalue weighted by Gasteiger charge is 2.53. The van der Waals surface area contributed by atoms with E-state index in [0.29, 0.717) is 6.61 Å². The second-order valence-corrected chi connectivity index (χ2v) is 16.3. The van der Waals surface area contributed by atoms with E-state index in [1.165, 1.54) is 0 Å². The molecule has 1 aromatic carbocycles. The summed E-state index contributed by atoms with van der Waals surface area (Å²) in [4.78, 5) is 0. The van der Waals surface area contributed by atoms with E-state index in [0.717, 1.165) is 31.4 Å². The van der Waals surface area contributed by atoms with Gasteiger partial charge in [0.1, 0.15) is 0 Å². The van der Waals surface area contributed by atoms with Gasteiger partial charge in [0.05, 0.1) is 18.8 Å². The molecular weight excluding hydrogens is 416 g/mol. The van der Waals surface area contributed by atoms with E-state index < -0.39 is 8.32 Å². The van der Waals surface area contributed by atoms with E-state index >= 15 is 0 Å². The van der Waals surface area contributed by atoms with E-state index in [2.05, 4.69) is 59.5 Å². The number of hydrogen-bond acceptors (Lipinski definition) is 4. The van der Waals surface area contributed by atoms with Gasteiger partial charge in [0.2, 0.25) is 0 Å². The quantitative estimate of drug-likeness (QED) is 0.318. The van der Waals surface area contributed by atoms with Gasteiger partial charge in [-0.05, 0) is 42.8 Å². The molecule has 0 radical (unpaired) electrons. The smallest absolute Gasteiger partial charge is 0.192 e. The minimum Gasteiger partial charge on any atom is -0.416 e. The Hall–Kier alpha value is -0.983. The van der Waals surface area contributed by atoms with Gasteiger partial charge in [-0.2, -0.15) is 0 Å². The lowest BCUT2D eigenvalue weighted by molar-refractivity contribution is -0.279. The van der Waals surface area contributed by atoms with Crippen LogP contribution < -0.4 is 0 Å². The molecule has 1 unspecified atom stereocenters. The molecule has 2 aliphatic rings. The third-order valence-electron chi connectivity index (χ3n) is 8.22. The van der Waals surface area contributed by atoms with Crippen molar-refractivity contribution in [1.82, 2.24) is 0 Å². The van der Waals surface area contributed by atoms with Crippen LogP contribution in [0.1, 0.15) is 58.8 Å². The molecule has 6 atom stereocenters. The zero-order valence-corrected chi connectivity index (χ0v) is 22.2. The molecule has 3 rings (SSSR count). The van der Waals surface area contributed by atoms with Gasteiger partial charge in [-0.1, -0.05) is 64.1 Å². The Morgan fingerprint density at radius 2 is 1.94 bits per heavy atom. The Balaban J connectivity index is 1.83. The molecule has 0 bridgehead atoms. The summed E-state index contributed by atoms with van der Waals surface area (Å²) >= 11 is 0. The predicted molar refractivity (Wildman–Crippen MR) is 133 cm³/mol. The van der Waals surface area contributed by atoms with Crippen molar-refractivity contribution >= 4 is 8.32 Å². The zero-order valence-electron chi connectivity index (χ0n) is 21.2. The van der Waals surface area contributed by atoms with E-state index in [9.17, 15) is 0 Å². The third kappa shape index (κ3) is 5.39. The number of methoxy groups -OCH3 is 1. The van der Waals surface area contributed by atoms with Crippen LogP contribution in [-0.4, -0.2) is 40.8 Å². The normalized spacial score (nSPS) is 32.2. The molecule has 1 saturated carbocycles. The van der Waals surface area contributed by atoms with Crippen LogP contribution in [0.3, 0.4) is 0 Å². The van der Waals surface area contributed by atoms with Crippen molar-refractivity contribution in [3.8, 4) is 0 Å². The summed E-state index contributed by atoms with van der Waals surface area (Å²) < 4.78 is 25.7. The van der Waals surface area contributed by atoms with Gasteiger partial charge in [-0.25, -0.2) is 0 Å². The van der Waals surface area contributed by atoms with Gasteiger partial charge in [0.25, 0.3) is 0 Å². The number of benzene rings is 1. The highest BCUT2D eigenvalue weighted by Crippen LogP contribution is 2.52. The molecule has 4 nitrogen and oxygen atoms in total. The first-order chi connectivity index (χ1) is 15.0. The largest absolute Gasteiger partial charge is 0.416 e. The minimum atomic E-state index is -1.85. The topological polar surface area (TPSA) is 36.9 Å². The summed E-state index contributed by atoms with van der Waals surface area (Å²) in [6.45, 7) is 19.4. The first kappa shape index (κ1) is 25.6. The van der Waals surface area contributed by atoms with Crippen molar-refractivity contribution in [2.75, 3.05) is 20.3 Å². The van der Waals surface area contributed by atoms with Crippen LogP contribution in [0.5, 0.6) is 0 Å². The number of rotatable bonds is 8. The Kier molecular flexibility index (Phi) is 8.09. The summed E-state index contributed by atoms with van der Waals surface area (Å²) in [7, 11) is -0.0274. The van der Waals surface area contributed by atoms with Crippen molar-refractivity contribution in [3.63, 3.8) is 0 Å². The molecular formula is C27H44O4Si. The second kappa shape index (κ2) is 10.1. The van der Waals surface area contributed by atoms with E-state index in [1.807, 2.05) is 31.4 Å². The first-order valence-electron chi connectivity index (χ1n) is 12.1. The van der Waals surface area contributed by atoms with E-state index in [-0.39, 0.29) is 40.8 Å². The van der Waals surface area contributed by atoms with Crippen LogP contribution in [-0.2, 0) is 18.6 Å². The SMILES string of the molecule is C=CC[C@H](OC)[C@H]1[C@@H]2COC(c3ccccc3)O[C@@H]2CC[C@@]1(C)CO[Si](C)(C)C(C)(C)C. The maximum atomic E-state index is 6.79. The molecule has 0 aromatic heterocycles. The molecule has 0 amide bonds. The predicted octanol–water partition coefficient (Wildman–Crippen LogP) is 6.75. The Bertz CT molecular complexity index is 744. The Morgan fingerprint density at radius 1 is 1.25 bits per heavy atom. The van der Waals surface area contributed by atoms with E-state index in [1.54, 1.807) is 0 Å². The molecule has 32 heavy (non-hydrogen) atoms. The monoisotopic (exact) mass is 460 g/mol. The number of fused-ring (bicyclic) bond motifs is 1. The van der Waals surface area contributed by atoms with Gasteiger partial charge in [0, 0.05) is 31.1 Å². The first-order valence-corrected chi connectivity index (χ1v) is 15.0. The van der Waals surface area contributed by atoms with Crippen molar-refractivity contribution in [3.05, 3.63) is 48.6 Å². The lowest BCUT2D eigenvalue weighted by Gasteiger charge is -2.54. The second-order valence-electron chi connectivity index (χ2n) is 11.5. The molecule has 0 spiro atoms. The summed E-state index contributed by atoms with van der Waals surface area (Å²) in [6.07, 6.45) is 4.84. The fraction of sp³-hybridized carbons (Fsp3) is 0.704. The Labute approximate surface area is 196 Å². The third-order valence-corrected chi connectivity index (χ3v) is 12.7. The molecule has 1 heterocycles. The molecule has 5 heteroatoms. The summed E-state index contributed by atoms with van der Waals surface area (Å²) in [5.74, 6) is 0.562. The van der Waals surface area contributed by atoms with Crippen LogP contribution in [0.4, 0.5) is 0 Å². The van der Waals surface area contributed by atoms with Crippen molar-refractivity contribution < 1.29 is 18.6 Å². The van der Waals surface area contributed by atoms with Crippen LogP contribution >= 0.6 is 0 Å². The fourth-order valence-corrected chi connectivity index (χ4v) is 6.29. The lowest BCUT2D eigenvalue weighted by atomic mass is 9.59. The minimum absolute atomic E-state index is 0.00662. The number of ether oxygens (including phenoxy) is 3. The molecule has 1 saturated heterocycles. The van der Waals surface area contributed by atoms with Crippen LogP contribution in [0.25, 0.3) is 0 Å². The van der Waals surface area contributed by atoms with Gasteiger partial charge >= 0.3 is 0 Å². The Morgan fingerprint density at radius 3 is 2.53 bits per heavy atom. The van der Waals surface area contributed by atoms with Crippen molar-refractivity contribution in [2.24, 2.45) is 17.3 Å². The van der Waals surface area contributed by atoms with Crippen molar-refractivity contribution in [2.45, 2.75) is 83.6 Å². The maximum absolute atomic E-state index is 6.79. The highest BCUT2D eigenvalue weighted by molar-refractivity contribution is 6.74. The fourth-order valence-electron chi connectivity index (χ4n) is 5.17. The van der Waals surface area contributed by atoms with Gasteiger partial charge < -0.3 is 18.6 Å².